The number of hydrogen-bond donors (Lipinski definition) is 1. The van der Waals surface area contributed by atoms with Gasteiger partial charge in [-0.15, -0.1) is 0 Å². The van der Waals surface area contributed by atoms with E-state index in [-0.39, 0.29) is 23.5 Å². The summed E-state index contributed by atoms with van der Waals surface area (Å²) >= 11 is 0. The lowest BCUT2D eigenvalue weighted by atomic mass is 10.1. The molecule has 1 aromatic heterocycles. The molecule has 1 amide bonds. The number of fused-ring (bicyclic) bond motifs is 1. The summed E-state index contributed by atoms with van der Waals surface area (Å²) in [5, 5.41) is 2.79. The second kappa shape index (κ2) is 5.72. The summed E-state index contributed by atoms with van der Waals surface area (Å²) in [4.78, 5) is 16.2. The monoisotopic (exact) mass is 322 g/mol. The zero-order chi connectivity index (χ0) is 15.7. The van der Waals surface area contributed by atoms with Crippen LogP contribution in [-0.4, -0.2) is 36.9 Å². The van der Waals surface area contributed by atoms with Gasteiger partial charge < -0.3 is 9.73 Å². The van der Waals surface area contributed by atoms with Gasteiger partial charge in [-0.1, -0.05) is 6.07 Å². The molecule has 0 radical (unpaired) electrons. The molecule has 0 aliphatic carbocycles. The molecule has 1 aliphatic rings. The molecule has 3 rings (SSSR count). The second-order valence-corrected chi connectivity index (χ2v) is 7.93. The van der Waals surface area contributed by atoms with Crippen molar-refractivity contribution in [1.29, 1.82) is 0 Å². The van der Waals surface area contributed by atoms with Gasteiger partial charge in [0, 0.05) is 19.4 Å². The molecule has 1 aromatic carbocycles. The van der Waals surface area contributed by atoms with Crippen molar-refractivity contribution in [3.63, 3.8) is 0 Å². The molecule has 1 aliphatic heterocycles. The number of sulfone groups is 1. The first kappa shape index (κ1) is 15.0. The number of carbonyl (C=O) groups excluding carboxylic acids is 1. The van der Waals surface area contributed by atoms with Crippen LogP contribution in [-0.2, 0) is 21.1 Å². The number of hydrogen-bond acceptors (Lipinski definition) is 5. The van der Waals surface area contributed by atoms with Crippen LogP contribution in [0, 0.1) is 6.92 Å². The van der Waals surface area contributed by atoms with Gasteiger partial charge in [0.15, 0.2) is 21.3 Å². The number of rotatable bonds is 4. The van der Waals surface area contributed by atoms with E-state index in [9.17, 15) is 13.2 Å². The molecule has 1 saturated heterocycles. The molecule has 0 saturated carbocycles. The molecule has 7 heteroatoms. The van der Waals surface area contributed by atoms with Gasteiger partial charge in [-0.3, -0.25) is 4.79 Å². The van der Waals surface area contributed by atoms with Crippen LogP contribution in [0.4, 0.5) is 0 Å². The molecule has 118 valence electrons. The standard InChI is InChI=1S/C15H18N2O4S/c1-10-16-13-8-11(2-4-14(13)21-10)3-5-15(18)17-12-6-7-22(19,20)9-12/h2,4,8,12H,3,5-7,9H2,1H3,(H,17,18). The minimum Gasteiger partial charge on any atom is -0.441 e. The number of carbonyl (C=O) groups is 1. The van der Waals surface area contributed by atoms with Gasteiger partial charge >= 0.3 is 0 Å². The molecule has 2 aromatic rings. The van der Waals surface area contributed by atoms with E-state index in [0.717, 1.165) is 16.7 Å². The van der Waals surface area contributed by atoms with Crippen LogP contribution in [0.1, 0.15) is 24.3 Å². The van der Waals surface area contributed by atoms with Gasteiger partial charge in [0.05, 0.1) is 11.5 Å². The number of oxazole rings is 1. The van der Waals surface area contributed by atoms with Crippen LogP contribution < -0.4 is 5.32 Å². The Morgan fingerprint density at radius 1 is 1.45 bits per heavy atom. The van der Waals surface area contributed by atoms with Gasteiger partial charge in [0.25, 0.3) is 0 Å². The highest BCUT2D eigenvalue weighted by atomic mass is 32.2. The van der Waals surface area contributed by atoms with E-state index in [0.29, 0.717) is 25.2 Å². The lowest BCUT2D eigenvalue weighted by Crippen LogP contribution is -2.35. The van der Waals surface area contributed by atoms with E-state index in [4.69, 9.17) is 4.42 Å². The molecule has 1 unspecified atom stereocenters. The maximum absolute atomic E-state index is 11.9. The number of nitrogens with zero attached hydrogens (tertiary/aromatic N) is 1. The average Bonchev–Trinajstić information content (AvgIpc) is 2.97. The summed E-state index contributed by atoms with van der Waals surface area (Å²) in [7, 11) is -2.96. The average molecular weight is 322 g/mol. The molecule has 1 N–H and O–H groups in total. The number of benzene rings is 1. The largest absolute Gasteiger partial charge is 0.441 e. The quantitative estimate of drug-likeness (QED) is 0.918. The fraction of sp³-hybridized carbons (Fsp3) is 0.467. The lowest BCUT2D eigenvalue weighted by Gasteiger charge is -2.10. The smallest absolute Gasteiger partial charge is 0.220 e. The minimum atomic E-state index is -2.96. The van der Waals surface area contributed by atoms with Crippen LogP contribution in [0.2, 0.25) is 0 Å². The lowest BCUT2D eigenvalue weighted by molar-refractivity contribution is -0.121. The number of nitrogens with one attached hydrogen (secondary N) is 1. The van der Waals surface area contributed by atoms with Crippen molar-refractivity contribution in [3.05, 3.63) is 29.7 Å². The SMILES string of the molecule is Cc1nc2cc(CCC(=O)NC3CCS(=O)(=O)C3)ccc2o1. The minimum absolute atomic E-state index is 0.0584. The Morgan fingerprint density at radius 3 is 3.00 bits per heavy atom. The van der Waals surface area contributed by atoms with Gasteiger partial charge in [0.1, 0.15) is 5.52 Å². The molecule has 0 spiro atoms. The molecule has 6 nitrogen and oxygen atoms in total. The Morgan fingerprint density at radius 2 is 2.27 bits per heavy atom. The highest BCUT2D eigenvalue weighted by molar-refractivity contribution is 7.91. The summed E-state index contributed by atoms with van der Waals surface area (Å²) in [6.07, 6.45) is 1.43. The van der Waals surface area contributed by atoms with Crippen LogP contribution >= 0.6 is 0 Å². The van der Waals surface area contributed by atoms with E-state index in [1.807, 2.05) is 18.2 Å². The molecule has 22 heavy (non-hydrogen) atoms. The summed E-state index contributed by atoms with van der Waals surface area (Å²) in [5.41, 5.74) is 2.54. The maximum Gasteiger partial charge on any atom is 0.220 e. The third kappa shape index (κ3) is 3.47. The molecule has 1 fully saturated rings. The first-order chi connectivity index (χ1) is 10.4. The summed E-state index contributed by atoms with van der Waals surface area (Å²) in [5.74, 6) is 0.731. The molecular formula is C15H18N2O4S. The molecule has 2 heterocycles. The van der Waals surface area contributed by atoms with Crippen molar-refractivity contribution < 1.29 is 17.6 Å². The third-order valence-corrected chi connectivity index (χ3v) is 5.57. The Labute approximate surface area is 128 Å². The topological polar surface area (TPSA) is 89.3 Å². The molecular weight excluding hydrogens is 304 g/mol. The summed E-state index contributed by atoms with van der Waals surface area (Å²) in [6.45, 7) is 1.79. The number of aromatic nitrogens is 1. The third-order valence-electron chi connectivity index (χ3n) is 3.80. The van der Waals surface area contributed by atoms with Crippen molar-refractivity contribution in [3.8, 4) is 0 Å². The predicted octanol–water partition coefficient (Wildman–Crippen LogP) is 1.37. The molecule has 0 bridgehead atoms. The highest BCUT2D eigenvalue weighted by Gasteiger charge is 2.28. The first-order valence-electron chi connectivity index (χ1n) is 7.27. The Balaban J connectivity index is 1.55. The molecule has 1 atom stereocenters. The fourth-order valence-electron chi connectivity index (χ4n) is 2.71. The van der Waals surface area contributed by atoms with Crippen LogP contribution in [0.15, 0.2) is 22.6 Å². The van der Waals surface area contributed by atoms with Gasteiger partial charge in [0.2, 0.25) is 5.91 Å². The fourth-order valence-corrected chi connectivity index (χ4v) is 4.38. The van der Waals surface area contributed by atoms with Gasteiger partial charge in [-0.25, -0.2) is 13.4 Å². The van der Waals surface area contributed by atoms with Gasteiger partial charge in [-0.2, -0.15) is 0 Å². The van der Waals surface area contributed by atoms with Crippen molar-refractivity contribution in [2.75, 3.05) is 11.5 Å². The Hall–Kier alpha value is -1.89. The van der Waals surface area contributed by atoms with E-state index >= 15 is 0 Å². The second-order valence-electron chi connectivity index (χ2n) is 5.70. The van der Waals surface area contributed by atoms with E-state index in [1.165, 1.54) is 0 Å². The zero-order valence-electron chi connectivity index (χ0n) is 12.3. The van der Waals surface area contributed by atoms with Crippen molar-refractivity contribution in [2.24, 2.45) is 0 Å². The van der Waals surface area contributed by atoms with Crippen molar-refractivity contribution in [1.82, 2.24) is 10.3 Å². The predicted molar refractivity (Wildman–Crippen MR) is 82.3 cm³/mol. The Kier molecular flexibility index (Phi) is 3.90. The van der Waals surface area contributed by atoms with E-state index in [1.54, 1.807) is 6.92 Å². The first-order valence-corrected chi connectivity index (χ1v) is 9.09. The van der Waals surface area contributed by atoms with Crippen LogP contribution in [0.3, 0.4) is 0 Å². The highest BCUT2D eigenvalue weighted by Crippen LogP contribution is 2.18. The summed E-state index contributed by atoms with van der Waals surface area (Å²) in [6, 6.07) is 5.45. The van der Waals surface area contributed by atoms with Crippen molar-refractivity contribution >= 4 is 26.8 Å². The maximum atomic E-state index is 11.9. The number of amides is 1. The van der Waals surface area contributed by atoms with E-state index in [2.05, 4.69) is 10.3 Å². The van der Waals surface area contributed by atoms with E-state index < -0.39 is 9.84 Å². The van der Waals surface area contributed by atoms with Gasteiger partial charge in [-0.05, 0) is 30.5 Å². The van der Waals surface area contributed by atoms with Crippen LogP contribution in [0.25, 0.3) is 11.1 Å². The zero-order valence-corrected chi connectivity index (χ0v) is 13.1. The Bertz CT molecular complexity index is 810. The number of aryl methyl sites for hydroxylation is 2. The summed E-state index contributed by atoms with van der Waals surface area (Å²) < 4.78 is 28.1. The van der Waals surface area contributed by atoms with Crippen LogP contribution in [0.5, 0.6) is 0 Å². The normalized spacial score (nSPS) is 20.3. The van der Waals surface area contributed by atoms with Crippen molar-refractivity contribution in [2.45, 2.75) is 32.2 Å².